The van der Waals surface area contributed by atoms with Gasteiger partial charge in [-0.25, -0.2) is 0 Å². The molecule has 1 unspecified atom stereocenters. The van der Waals surface area contributed by atoms with Crippen LogP contribution in [0.5, 0.6) is 0 Å². The molecule has 20 heavy (non-hydrogen) atoms. The highest BCUT2D eigenvalue weighted by atomic mass is 15.1. The van der Waals surface area contributed by atoms with E-state index in [-0.39, 0.29) is 0 Å². The Hall–Kier alpha value is -0.860. The zero-order valence-corrected chi connectivity index (χ0v) is 13.4. The van der Waals surface area contributed by atoms with Crippen LogP contribution in [-0.4, -0.2) is 31.1 Å². The lowest BCUT2D eigenvalue weighted by Gasteiger charge is -2.22. The normalized spacial score (nSPS) is 18.8. The summed E-state index contributed by atoms with van der Waals surface area (Å²) in [5.74, 6) is 0. The second-order valence-corrected chi connectivity index (χ2v) is 6.28. The molecule has 0 aromatic heterocycles. The van der Waals surface area contributed by atoms with Gasteiger partial charge in [0.1, 0.15) is 0 Å². The standard InChI is InChI=1S/C18H30N2/c1-15-8-9-18(14-16(15)2)17(3)19-10-13-20-11-6-4-5-7-12-20/h8-9,14,17,19H,4-7,10-13H2,1-3H3. The Morgan fingerprint density at radius 3 is 2.40 bits per heavy atom. The van der Waals surface area contributed by atoms with Gasteiger partial charge in [-0.1, -0.05) is 31.0 Å². The molecule has 1 atom stereocenters. The van der Waals surface area contributed by atoms with Crippen LogP contribution in [0, 0.1) is 13.8 Å². The van der Waals surface area contributed by atoms with Crippen molar-refractivity contribution in [2.45, 2.75) is 52.5 Å². The van der Waals surface area contributed by atoms with E-state index in [0.29, 0.717) is 6.04 Å². The Morgan fingerprint density at radius 1 is 1.05 bits per heavy atom. The summed E-state index contributed by atoms with van der Waals surface area (Å²) in [6, 6.07) is 7.25. The minimum Gasteiger partial charge on any atom is -0.309 e. The molecule has 1 heterocycles. The number of likely N-dealkylation sites (tertiary alicyclic amines) is 1. The van der Waals surface area contributed by atoms with Gasteiger partial charge in [0.2, 0.25) is 0 Å². The molecule has 1 aliphatic heterocycles. The smallest absolute Gasteiger partial charge is 0.0292 e. The van der Waals surface area contributed by atoms with Gasteiger partial charge in [0, 0.05) is 19.1 Å². The van der Waals surface area contributed by atoms with Gasteiger partial charge in [-0.05, 0) is 63.4 Å². The maximum atomic E-state index is 3.67. The molecule has 1 aliphatic rings. The fourth-order valence-corrected chi connectivity index (χ4v) is 2.95. The van der Waals surface area contributed by atoms with Gasteiger partial charge in [-0.15, -0.1) is 0 Å². The molecule has 0 bridgehead atoms. The minimum atomic E-state index is 0.446. The maximum Gasteiger partial charge on any atom is 0.0292 e. The van der Waals surface area contributed by atoms with Crippen LogP contribution in [0.25, 0.3) is 0 Å². The number of hydrogen-bond acceptors (Lipinski definition) is 2. The third-order valence-corrected chi connectivity index (χ3v) is 4.61. The van der Waals surface area contributed by atoms with Crippen molar-refractivity contribution in [1.82, 2.24) is 10.2 Å². The van der Waals surface area contributed by atoms with Crippen molar-refractivity contribution in [1.29, 1.82) is 0 Å². The summed E-state index contributed by atoms with van der Waals surface area (Å²) in [5.41, 5.74) is 4.18. The molecule has 1 fully saturated rings. The van der Waals surface area contributed by atoms with Crippen LogP contribution in [0.1, 0.15) is 55.3 Å². The third-order valence-electron chi connectivity index (χ3n) is 4.61. The topological polar surface area (TPSA) is 15.3 Å². The fourth-order valence-electron chi connectivity index (χ4n) is 2.95. The highest BCUT2D eigenvalue weighted by Crippen LogP contribution is 2.16. The molecule has 0 amide bonds. The molecular formula is C18H30N2. The van der Waals surface area contributed by atoms with E-state index in [9.17, 15) is 0 Å². The highest BCUT2D eigenvalue weighted by Gasteiger charge is 2.10. The maximum absolute atomic E-state index is 3.67. The van der Waals surface area contributed by atoms with E-state index in [1.54, 1.807) is 0 Å². The first-order valence-corrected chi connectivity index (χ1v) is 8.19. The number of benzene rings is 1. The van der Waals surface area contributed by atoms with Gasteiger partial charge in [0.05, 0.1) is 0 Å². The van der Waals surface area contributed by atoms with Crippen molar-refractivity contribution < 1.29 is 0 Å². The summed E-state index contributed by atoms with van der Waals surface area (Å²) in [5, 5.41) is 3.67. The summed E-state index contributed by atoms with van der Waals surface area (Å²) in [4.78, 5) is 2.62. The molecule has 2 nitrogen and oxygen atoms in total. The lowest BCUT2D eigenvalue weighted by atomic mass is 10.0. The molecule has 2 rings (SSSR count). The second kappa shape index (κ2) is 7.80. The molecule has 0 radical (unpaired) electrons. The lowest BCUT2D eigenvalue weighted by molar-refractivity contribution is 0.280. The van der Waals surface area contributed by atoms with Crippen LogP contribution in [-0.2, 0) is 0 Å². The van der Waals surface area contributed by atoms with E-state index >= 15 is 0 Å². The van der Waals surface area contributed by atoms with E-state index in [4.69, 9.17) is 0 Å². The van der Waals surface area contributed by atoms with E-state index in [1.807, 2.05) is 0 Å². The summed E-state index contributed by atoms with van der Waals surface area (Å²) < 4.78 is 0. The molecule has 2 heteroatoms. The predicted octanol–water partition coefficient (Wildman–Crippen LogP) is 3.83. The monoisotopic (exact) mass is 274 g/mol. The van der Waals surface area contributed by atoms with Crippen molar-refractivity contribution >= 4 is 0 Å². The Bertz CT molecular complexity index is 406. The first-order chi connectivity index (χ1) is 9.66. The number of nitrogens with one attached hydrogen (secondary N) is 1. The SMILES string of the molecule is Cc1ccc(C(C)NCCN2CCCCCC2)cc1C. The second-order valence-electron chi connectivity index (χ2n) is 6.28. The Labute approximate surface area is 124 Å². The minimum absolute atomic E-state index is 0.446. The van der Waals surface area contributed by atoms with Crippen molar-refractivity contribution in [3.63, 3.8) is 0 Å². The lowest BCUT2D eigenvalue weighted by Crippen LogP contribution is -2.33. The summed E-state index contributed by atoms with van der Waals surface area (Å²) >= 11 is 0. The average molecular weight is 274 g/mol. The molecule has 0 saturated carbocycles. The summed E-state index contributed by atoms with van der Waals surface area (Å²) in [6.07, 6.45) is 5.60. The molecular weight excluding hydrogens is 244 g/mol. The van der Waals surface area contributed by atoms with Gasteiger partial charge < -0.3 is 10.2 Å². The third kappa shape index (κ3) is 4.60. The van der Waals surface area contributed by atoms with Gasteiger partial charge in [0.15, 0.2) is 0 Å². The van der Waals surface area contributed by atoms with Crippen LogP contribution >= 0.6 is 0 Å². The molecule has 112 valence electrons. The summed E-state index contributed by atoms with van der Waals surface area (Å²) in [6.45, 7) is 11.5. The largest absolute Gasteiger partial charge is 0.309 e. The van der Waals surface area contributed by atoms with Crippen molar-refractivity contribution in [2.24, 2.45) is 0 Å². The molecule has 1 aromatic carbocycles. The number of rotatable bonds is 5. The Kier molecular flexibility index (Phi) is 6.06. The van der Waals surface area contributed by atoms with Crippen molar-refractivity contribution in [3.05, 3.63) is 34.9 Å². The number of nitrogens with zero attached hydrogens (tertiary/aromatic N) is 1. The van der Waals surface area contributed by atoms with Crippen LogP contribution in [0.15, 0.2) is 18.2 Å². The number of aryl methyl sites for hydroxylation is 2. The van der Waals surface area contributed by atoms with Crippen LogP contribution in [0.2, 0.25) is 0 Å². The molecule has 1 N–H and O–H groups in total. The fraction of sp³-hybridized carbons (Fsp3) is 0.667. The van der Waals surface area contributed by atoms with E-state index in [2.05, 4.69) is 49.2 Å². The Balaban J connectivity index is 1.76. The van der Waals surface area contributed by atoms with E-state index in [0.717, 1.165) is 6.54 Å². The quantitative estimate of drug-likeness (QED) is 0.878. The molecule has 1 aromatic rings. The molecule has 1 saturated heterocycles. The number of hydrogen-bond donors (Lipinski definition) is 1. The van der Waals surface area contributed by atoms with Crippen molar-refractivity contribution in [3.8, 4) is 0 Å². The van der Waals surface area contributed by atoms with Crippen LogP contribution < -0.4 is 5.32 Å². The van der Waals surface area contributed by atoms with Crippen LogP contribution in [0.4, 0.5) is 0 Å². The van der Waals surface area contributed by atoms with Crippen molar-refractivity contribution in [2.75, 3.05) is 26.2 Å². The predicted molar refractivity (Wildman–Crippen MR) is 87.2 cm³/mol. The van der Waals surface area contributed by atoms with Gasteiger partial charge >= 0.3 is 0 Å². The van der Waals surface area contributed by atoms with Crippen LogP contribution in [0.3, 0.4) is 0 Å². The van der Waals surface area contributed by atoms with Gasteiger partial charge in [0.25, 0.3) is 0 Å². The molecule has 0 aliphatic carbocycles. The van der Waals surface area contributed by atoms with Gasteiger partial charge in [-0.2, -0.15) is 0 Å². The average Bonchev–Trinajstić information content (AvgIpc) is 2.70. The first kappa shape index (κ1) is 15.5. The molecule has 0 spiro atoms. The first-order valence-electron chi connectivity index (χ1n) is 8.19. The summed E-state index contributed by atoms with van der Waals surface area (Å²) in [7, 11) is 0. The zero-order chi connectivity index (χ0) is 14.4. The van der Waals surface area contributed by atoms with E-state index < -0.39 is 0 Å². The Morgan fingerprint density at radius 2 is 1.75 bits per heavy atom. The van der Waals surface area contributed by atoms with E-state index in [1.165, 1.54) is 62.0 Å². The highest BCUT2D eigenvalue weighted by molar-refractivity contribution is 5.31. The zero-order valence-electron chi connectivity index (χ0n) is 13.4. The van der Waals surface area contributed by atoms with Gasteiger partial charge in [-0.3, -0.25) is 0 Å².